The van der Waals surface area contributed by atoms with Gasteiger partial charge in [-0.3, -0.25) is 0 Å². The minimum atomic E-state index is -0.162. The van der Waals surface area contributed by atoms with Crippen molar-refractivity contribution in [3.05, 3.63) is 42.0 Å². The summed E-state index contributed by atoms with van der Waals surface area (Å²) in [7, 11) is 3.21. The predicted octanol–water partition coefficient (Wildman–Crippen LogP) is 4.19. The number of methoxy groups -OCH3 is 2. The number of anilines is 1. The zero-order valence-electron chi connectivity index (χ0n) is 16.1. The quantitative estimate of drug-likeness (QED) is 0.856. The summed E-state index contributed by atoms with van der Waals surface area (Å²) >= 11 is 0. The molecule has 0 saturated carbocycles. The lowest BCUT2D eigenvalue weighted by atomic mass is 9.95. The van der Waals surface area contributed by atoms with Gasteiger partial charge in [-0.2, -0.15) is 0 Å². The van der Waals surface area contributed by atoms with Crippen molar-refractivity contribution in [2.24, 2.45) is 0 Å². The molecule has 2 aliphatic heterocycles. The van der Waals surface area contributed by atoms with Crippen LogP contribution >= 0.6 is 0 Å². The summed E-state index contributed by atoms with van der Waals surface area (Å²) in [5, 5.41) is 2.98. The van der Waals surface area contributed by atoms with Crippen LogP contribution in [0, 0.1) is 0 Å². The molecule has 2 aliphatic rings. The summed E-state index contributed by atoms with van der Waals surface area (Å²) in [6.07, 6.45) is 2.98. The van der Waals surface area contributed by atoms with Crippen molar-refractivity contribution in [3.63, 3.8) is 0 Å². The Morgan fingerprint density at radius 2 is 1.93 bits per heavy atom. The third kappa shape index (κ3) is 3.52. The van der Waals surface area contributed by atoms with Gasteiger partial charge in [-0.05, 0) is 37.0 Å². The molecule has 1 unspecified atom stereocenters. The monoisotopic (exact) mass is 384 g/mol. The van der Waals surface area contributed by atoms with E-state index in [0.717, 1.165) is 30.6 Å². The van der Waals surface area contributed by atoms with Crippen LogP contribution in [0.2, 0.25) is 0 Å². The third-order valence-corrected chi connectivity index (χ3v) is 5.18. The molecule has 28 heavy (non-hydrogen) atoms. The second kappa shape index (κ2) is 7.88. The van der Waals surface area contributed by atoms with Crippen LogP contribution in [0.25, 0.3) is 0 Å². The van der Waals surface area contributed by atoms with E-state index in [-0.39, 0.29) is 18.9 Å². The molecule has 7 heteroatoms. The van der Waals surface area contributed by atoms with Crippen molar-refractivity contribution in [2.45, 2.75) is 25.3 Å². The van der Waals surface area contributed by atoms with Gasteiger partial charge >= 0.3 is 6.03 Å². The lowest BCUT2D eigenvalue weighted by Crippen LogP contribution is -2.41. The van der Waals surface area contributed by atoms with Crippen LogP contribution in [0.5, 0.6) is 23.0 Å². The van der Waals surface area contributed by atoms with Gasteiger partial charge < -0.3 is 29.2 Å². The Kier molecular flexibility index (Phi) is 5.14. The molecule has 2 amide bonds. The first-order valence-electron chi connectivity index (χ1n) is 9.39. The fourth-order valence-corrected chi connectivity index (χ4v) is 3.75. The van der Waals surface area contributed by atoms with E-state index in [0.29, 0.717) is 29.5 Å². The standard InChI is InChI=1S/C21H24N2O5/c1-25-15-7-5-6-14(10-15)17-8-3-4-9-23(17)21(24)22-16-11-19-20(28-13-27-19)12-18(16)26-2/h5-7,10-12,17H,3-4,8-9,13H2,1-2H3,(H,22,24). The van der Waals surface area contributed by atoms with Crippen molar-refractivity contribution < 1.29 is 23.7 Å². The number of piperidine rings is 1. The van der Waals surface area contributed by atoms with Crippen molar-refractivity contribution in [1.29, 1.82) is 0 Å². The number of hydrogen-bond donors (Lipinski definition) is 1. The normalized spacial score (nSPS) is 17.9. The van der Waals surface area contributed by atoms with E-state index in [2.05, 4.69) is 5.32 Å². The van der Waals surface area contributed by atoms with Gasteiger partial charge in [0, 0.05) is 18.7 Å². The number of carbonyl (C=O) groups excluding carboxylic acids is 1. The SMILES string of the molecule is COc1cccc(C2CCCCN2C(=O)Nc2cc3c(cc2OC)OCO3)c1. The fourth-order valence-electron chi connectivity index (χ4n) is 3.75. The van der Waals surface area contributed by atoms with E-state index in [1.165, 1.54) is 0 Å². The molecular formula is C21H24N2O5. The Hall–Kier alpha value is -3.09. The minimum Gasteiger partial charge on any atom is -0.497 e. The maximum atomic E-state index is 13.1. The average molecular weight is 384 g/mol. The highest BCUT2D eigenvalue weighted by Crippen LogP contribution is 2.41. The molecule has 0 aromatic heterocycles. The number of nitrogens with one attached hydrogen (secondary N) is 1. The Morgan fingerprint density at radius 1 is 1.11 bits per heavy atom. The number of amides is 2. The number of likely N-dealkylation sites (tertiary alicyclic amines) is 1. The third-order valence-electron chi connectivity index (χ3n) is 5.18. The molecule has 0 radical (unpaired) electrons. The number of nitrogens with zero attached hydrogens (tertiary/aromatic N) is 1. The van der Waals surface area contributed by atoms with Crippen molar-refractivity contribution in [3.8, 4) is 23.0 Å². The Morgan fingerprint density at radius 3 is 2.71 bits per heavy atom. The van der Waals surface area contributed by atoms with Gasteiger partial charge in [-0.15, -0.1) is 0 Å². The average Bonchev–Trinajstić information content (AvgIpc) is 3.20. The van der Waals surface area contributed by atoms with Gasteiger partial charge in [0.25, 0.3) is 0 Å². The zero-order chi connectivity index (χ0) is 19.5. The summed E-state index contributed by atoms with van der Waals surface area (Å²) in [5.74, 6) is 2.54. The lowest BCUT2D eigenvalue weighted by Gasteiger charge is -2.36. The summed E-state index contributed by atoms with van der Waals surface area (Å²) < 4.78 is 21.6. The van der Waals surface area contributed by atoms with Crippen molar-refractivity contribution in [2.75, 3.05) is 32.9 Å². The Labute approximate surface area is 164 Å². The lowest BCUT2D eigenvalue weighted by molar-refractivity contribution is 0.163. The number of hydrogen-bond acceptors (Lipinski definition) is 5. The smallest absolute Gasteiger partial charge is 0.322 e. The van der Waals surface area contributed by atoms with Crippen molar-refractivity contribution >= 4 is 11.7 Å². The van der Waals surface area contributed by atoms with E-state index < -0.39 is 0 Å². The second-order valence-corrected chi connectivity index (χ2v) is 6.82. The first-order valence-corrected chi connectivity index (χ1v) is 9.39. The topological polar surface area (TPSA) is 69.3 Å². The molecule has 1 N–H and O–H groups in total. The highest BCUT2D eigenvalue weighted by Gasteiger charge is 2.29. The van der Waals surface area contributed by atoms with Crippen LogP contribution in [0.3, 0.4) is 0 Å². The molecule has 0 bridgehead atoms. The molecule has 4 rings (SSSR count). The molecule has 1 fully saturated rings. The summed E-state index contributed by atoms with van der Waals surface area (Å²) in [6, 6.07) is 11.2. The summed E-state index contributed by atoms with van der Waals surface area (Å²) in [6.45, 7) is 0.862. The molecule has 0 aliphatic carbocycles. The van der Waals surface area contributed by atoms with Gasteiger partial charge in [0.05, 0.1) is 25.9 Å². The van der Waals surface area contributed by atoms with Crippen LogP contribution in [-0.4, -0.2) is 38.5 Å². The molecule has 148 valence electrons. The molecule has 2 heterocycles. The zero-order valence-corrected chi connectivity index (χ0v) is 16.1. The van der Waals surface area contributed by atoms with Gasteiger partial charge in [0.2, 0.25) is 6.79 Å². The summed E-state index contributed by atoms with van der Waals surface area (Å²) in [4.78, 5) is 15.0. The van der Waals surface area contributed by atoms with Gasteiger partial charge in [0.1, 0.15) is 11.5 Å². The van der Waals surface area contributed by atoms with E-state index >= 15 is 0 Å². The maximum absolute atomic E-state index is 13.1. The first kappa shape index (κ1) is 18.3. The van der Waals surface area contributed by atoms with Crippen molar-refractivity contribution in [1.82, 2.24) is 4.90 Å². The largest absolute Gasteiger partial charge is 0.497 e. The second-order valence-electron chi connectivity index (χ2n) is 6.82. The molecule has 1 saturated heterocycles. The van der Waals surface area contributed by atoms with E-state index in [1.807, 2.05) is 29.2 Å². The van der Waals surface area contributed by atoms with E-state index in [4.69, 9.17) is 18.9 Å². The molecule has 0 spiro atoms. The number of ether oxygens (including phenoxy) is 4. The van der Waals surface area contributed by atoms with Gasteiger partial charge in [-0.1, -0.05) is 12.1 Å². The minimum absolute atomic E-state index is 0.00357. The van der Waals surface area contributed by atoms with Gasteiger partial charge in [-0.25, -0.2) is 4.79 Å². The Bertz CT molecular complexity index is 870. The highest BCUT2D eigenvalue weighted by atomic mass is 16.7. The molecule has 2 aromatic carbocycles. The maximum Gasteiger partial charge on any atom is 0.322 e. The number of carbonyl (C=O) groups is 1. The van der Waals surface area contributed by atoms with Crippen LogP contribution < -0.4 is 24.3 Å². The Balaban J connectivity index is 1.57. The van der Waals surface area contributed by atoms with Crippen LogP contribution in [0.1, 0.15) is 30.9 Å². The first-order chi connectivity index (χ1) is 13.7. The van der Waals surface area contributed by atoms with E-state index in [9.17, 15) is 4.79 Å². The number of fused-ring (bicyclic) bond motifs is 1. The van der Waals surface area contributed by atoms with E-state index in [1.54, 1.807) is 26.4 Å². The fraction of sp³-hybridized carbons (Fsp3) is 0.381. The van der Waals surface area contributed by atoms with Crippen LogP contribution in [-0.2, 0) is 0 Å². The molecule has 1 atom stereocenters. The number of urea groups is 1. The predicted molar refractivity (Wildman–Crippen MR) is 104 cm³/mol. The number of rotatable bonds is 4. The molecular weight excluding hydrogens is 360 g/mol. The highest BCUT2D eigenvalue weighted by molar-refractivity contribution is 5.92. The van der Waals surface area contributed by atoms with Gasteiger partial charge in [0.15, 0.2) is 11.5 Å². The summed E-state index contributed by atoms with van der Waals surface area (Å²) in [5.41, 5.74) is 1.64. The molecule has 2 aromatic rings. The van der Waals surface area contributed by atoms with Crippen LogP contribution in [0.4, 0.5) is 10.5 Å². The number of benzene rings is 2. The molecule has 7 nitrogen and oxygen atoms in total. The van der Waals surface area contributed by atoms with Crippen LogP contribution in [0.15, 0.2) is 36.4 Å².